The van der Waals surface area contributed by atoms with Crippen molar-refractivity contribution in [2.75, 3.05) is 18.5 Å². The quantitative estimate of drug-likeness (QED) is 0.846. The Hall–Kier alpha value is -3.02. The number of anilines is 1. The van der Waals surface area contributed by atoms with Crippen LogP contribution < -0.4 is 14.8 Å². The maximum Gasteiger partial charge on any atom is 0.311 e. The number of rotatable bonds is 5. The van der Waals surface area contributed by atoms with Crippen LogP contribution >= 0.6 is 0 Å². The lowest BCUT2D eigenvalue weighted by Crippen LogP contribution is -2.30. The molecule has 0 unspecified atom stereocenters. The molecule has 1 N–H and O–H groups in total. The summed E-state index contributed by atoms with van der Waals surface area (Å²) in [5, 5.41) is 2.70. The fourth-order valence-corrected chi connectivity index (χ4v) is 2.42. The third kappa shape index (κ3) is 4.50. The van der Waals surface area contributed by atoms with Crippen molar-refractivity contribution in [3.8, 4) is 11.5 Å². The standard InChI is InChI=1S/C19H19NO5/c1-13(19(22)20-15-5-3-2-4-6-15)25-18(21)12-14-7-8-16-17(11-14)24-10-9-23-16/h2-8,11,13H,9-10,12H2,1H3,(H,20,22)/t13-/m1/s1. The highest BCUT2D eigenvalue weighted by Crippen LogP contribution is 2.30. The lowest BCUT2D eigenvalue weighted by atomic mass is 10.1. The largest absolute Gasteiger partial charge is 0.486 e. The molecule has 2 aromatic rings. The zero-order chi connectivity index (χ0) is 17.6. The van der Waals surface area contributed by atoms with Crippen molar-refractivity contribution >= 4 is 17.6 Å². The van der Waals surface area contributed by atoms with Gasteiger partial charge in [0.2, 0.25) is 0 Å². The summed E-state index contributed by atoms with van der Waals surface area (Å²) in [6.45, 7) is 2.54. The minimum atomic E-state index is -0.884. The summed E-state index contributed by atoms with van der Waals surface area (Å²) in [5.41, 5.74) is 1.40. The first-order chi connectivity index (χ1) is 12.1. The molecule has 1 aliphatic heterocycles. The third-order valence-corrected chi connectivity index (χ3v) is 3.67. The van der Waals surface area contributed by atoms with Gasteiger partial charge in [0.05, 0.1) is 6.42 Å². The predicted molar refractivity (Wildman–Crippen MR) is 91.8 cm³/mol. The van der Waals surface area contributed by atoms with Gasteiger partial charge in [-0.25, -0.2) is 0 Å². The van der Waals surface area contributed by atoms with Gasteiger partial charge in [0.25, 0.3) is 5.91 Å². The summed E-state index contributed by atoms with van der Waals surface area (Å²) in [7, 11) is 0. The summed E-state index contributed by atoms with van der Waals surface area (Å²) < 4.78 is 16.1. The molecule has 130 valence electrons. The zero-order valence-electron chi connectivity index (χ0n) is 13.9. The predicted octanol–water partition coefficient (Wildman–Crippen LogP) is 2.57. The highest BCUT2D eigenvalue weighted by atomic mass is 16.6. The van der Waals surface area contributed by atoms with E-state index in [1.807, 2.05) is 18.2 Å². The summed E-state index contributed by atoms with van der Waals surface area (Å²) in [6.07, 6.45) is -0.829. The van der Waals surface area contributed by atoms with Crippen molar-refractivity contribution in [1.82, 2.24) is 0 Å². The Balaban J connectivity index is 1.54. The van der Waals surface area contributed by atoms with Gasteiger partial charge in [-0.05, 0) is 36.8 Å². The van der Waals surface area contributed by atoms with Crippen molar-refractivity contribution in [3.63, 3.8) is 0 Å². The van der Waals surface area contributed by atoms with Crippen LogP contribution in [0.2, 0.25) is 0 Å². The summed E-state index contributed by atoms with van der Waals surface area (Å²) in [5.74, 6) is 0.430. The molecule has 2 aromatic carbocycles. The number of fused-ring (bicyclic) bond motifs is 1. The molecule has 1 amide bonds. The fraction of sp³-hybridized carbons (Fsp3) is 0.263. The van der Waals surface area contributed by atoms with E-state index >= 15 is 0 Å². The number of hydrogen-bond donors (Lipinski definition) is 1. The van der Waals surface area contributed by atoms with E-state index in [2.05, 4.69) is 5.32 Å². The molecule has 25 heavy (non-hydrogen) atoms. The van der Waals surface area contributed by atoms with E-state index in [1.165, 1.54) is 0 Å². The molecule has 1 aliphatic rings. The third-order valence-electron chi connectivity index (χ3n) is 3.67. The maximum absolute atomic E-state index is 12.1. The molecule has 0 aromatic heterocycles. The van der Waals surface area contributed by atoms with E-state index in [1.54, 1.807) is 37.3 Å². The van der Waals surface area contributed by atoms with E-state index in [0.717, 1.165) is 5.56 Å². The van der Waals surface area contributed by atoms with Crippen LogP contribution in [0.25, 0.3) is 0 Å². The molecule has 0 spiro atoms. The molecule has 0 fully saturated rings. The van der Waals surface area contributed by atoms with Crippen molar-refractivity contribution in [1.29, 1.82) is 0 Å². The van der Waals surface area contributed by atoms with Crippen LogP contribution in [0.15, 0.2) is 48.5 Å². The van der Waals surface area contributed by atoms with Gasteiger partial charge in [0.15, 0.2) is 17.6 Å². The smallest absolute Gasteiger partial charge is 0.311 e. The average Bonchev–Trinajstić information content (AvgIpc) is 2.62. The van der Waals surface area contributed by atoms with E-state index in [0.29, 0.717) is 30.4 Å². The lowest BCUT2D eigenvalue weighted by molar-refractivity contribution is -0.152. The van der Waals surface area contributed by atoms with Crippen LogP contribution in [0.3, 0.4) is 0 Å². The van der Waals surface area contributed by atoms with Crippen molar-refractivity contribution in [2.24, 2.45) is 0 Å². The van der Waals surface area contributed by atoms with Crippen LogP contribution in [-0.4, -0.2) is 31.2 Å². The van der Waals surface area contributed by atoms with Gasteiger partial charge in [-0.15, -0.1) is 0 Å². The number of para-hydroxylation sites is 1. The molecule has 0 radical (unpaired) electrons. The second-order valence-corrected chi connectivity index (χ2v) is 5.64. The van der Waals surface area contributed by atoms with Crippen LogP contribution in [0.1, 0.15) is 12.5 Å². The Morgan fingerprint density at radius 1 is 1.08 bits per heavy atom. The molecular formula is C19H19NO5. The number of hydrogen-bond acceptors (Lipinski definition) is 5. The van der Waals surface area contributed by atoms with E-state index in [-0.39, 0.29) is 12.3 Å². The number of ether oxygens (including phenoxy) is 3. The SMILES string of the molecule is C[C@@H](OC(=O)Cc1ccc2c(c1)OCCO2)C(=O)Nc1ccccc1. The molecule has 1 heterocycles. The monoisotopic (exact) mass is 341 g/mol. The maximum atomic E-state index is 12.1. The summed E-state index contributed by atoms with van der Waals surface area (Å²) in [4.78, 5) is 24.1. The van der Waals surface area contributed by atoms with Gasteiger partial charge in [-0.2, -0.15) is 0 Å². The van der Waals surface area contributed by atoms with Crippen molar-refractivity contribution in [3.05, 3.63) is 54.1 Å². The van der Waals surface area contributed by atoms with Crippen molar-refractivity contribution in [2.45, 2.75) is 19.4 Å². The minimum Gasteiger partial charge on any atom is -0.486 e. The number of carbonyl (C=O) groups excluding carboxylic acids is 2. The summed E-state index contributed by atoms with van der Waals surface area (Å²) >= 11 is 0. The summed E-state index contributed by atoms with van der Waals surface area (Å²) in [6, 6.07) is 14.3. The van der Waals surface area contributed by atoms with E-state index in [9.17, 15) is 9.59 Å². The van der Waals surface area contributed by atoms with Crippen LogP contribution in [0.4, 0.5) is 5.69 Å². The minimum absolute atomic E-state index is 0.0552. The first kappa shape index (κ1) is 16.8. The van der Waals surface area contributed by atoms with Crippen molar-refractivity contribution < 1.29 is 23.8 Å². The number of esters is 1. The molecule has 6 nitrogen and oxygen atoms in total. The van der Waals surface area contributed by atoms with Crippen LogP contribution in [0, 0.1) is 0 Å². The Morgan fingerprint density at radius 3 is 2.56 bits per heavy atom. The Labute approximate surface area is 145 Å². The second kappa shape index (κ2) is 7.70. The number of benzene rings is 2. The normalized spacial score (nSPS) is 13.6. The lowest BCUT2D eigenvalue weighted by Gasteiger charge is -2.19. The Morgan fingerprint density at radius 2 is 1.80 bits per heavy atom. The first-order valence-electron chi connectivity index (χ1n) is 8.06. The van der Waals surface area contributed by atoms with E-state index in [4.69, 9.17) is 14.2 Å². The van der Waals surface area contributed by atoms with Gasteiger partial charge >= 0.3 is 5.97 Å². The molecule has 1 atom stereocenters. The Bertz CT molecular complexity index is 760. The molecule has 0 saturated carbocycles. The highest BCUT2D eigenvalue weighted by Gasteiger charge is 2.19. The van der Waals surface area contributed by atoms with Gasteiger partial charge in [0, 0.05) is 5.69 Å². The topological polar surface area (TPSA) is 73.9 Å². The highest BCUT2D eigenvalue weighted by molar-refractivity contribution is 5.95. The van der Waals surface area contributed by atoms with Crippen LogP contribution in [0.5, 0.6) is 11.5 Å². The van der Waals surface area contributed by atoms with E-state index < -0.39 is 12.1 Å². The zero-order valence-corrected chi connectivity index (χ0v) is 13.9. The second-order valence-electron chi connectivity index (χ2n) is 5.64. The molecule has 6 heteroatoms. The number of nitrogens with one attached hydrogen (secondary N) is 1. The molecule has 3 rings (SSSR count). The number of amides is 1. The average molecular weight is 341 g/mol. The van der Waals surface area contributed by atoms with Gasteiger partial charge in [-0.3, -0.25) is 9.59 Å². The Kier molecular flexibility index (Phi) is 5.18. The molecule has 0 aliphatic carbocycles. The first-order valence-corrected chi connectivity index (χ1v) is 8.06. The van der Waals surface area contributed by atoms with Gasteiger partial charge in [0.1, 0.15) is 13.2 Å². The number of carbonyl (C=O) groups is 2. The fourth-order valence-electron chi connectivity index (χ4n) is 2.42. The molecule has 0 saturated heterocycles. The van der Waals surface area contributed by atoms with Gasteiger partial charge in [-0.1, -0.05) is 24.3 Å². The molecule has 0 bridgehead atoms. The van der Waals surface area contributed by atoms with Gasteiger partial charge < -0.3 is 19.5 Å². The van der Waals surface area contributed by atoms with Crippen LogP contribution in [-0.2, 0) is 20.7 Å². The molecular weight excluding hydrogens is 322 g/mol.